The van der Waals surface area contributed by atoms with Gasteiger partial charge in [-0.15, -0.1) is 0 Å². The number of aromatic nitrogens is 1. The molecule has 1 aliphatic rings. The molecule has 1 fully saturated rings. The lowest BCUT2D eigenvalue weighted by atomic mass is 10.0. The number of nitrogen functional groups attached to an aromatic ring is 1. The summed E-state index contributed by atoms with van der Waals surface area (Å²) >= 11 is 6.02. The van der Waals surface area contributed by atoms with Crippen molar-refractivity contribution in [3.8, 4) is 0 Å². The zero-order valence-electron chi connectivity index (χ0n) is 11.3. The molecule has 2 rings (SSSR count). The van der Waals surface area contributed by atoms with E-state index in [0.717, 1.165) is 25.9 Å². The first kappa shape index (κ1) is 14.1. The molecular weight excluding hydrogens is 264 g/mol. The highest BCUT2D eigenvalue weighted by Crippen LogP contribution is 2.20. The number of rotatable bonds is 2. The summed E-state index contributed by atoms with van der Waals surface area (Å²) in [5.74, 6) is 0.186. The van der Waals surface area contributed by atoms with Gasteiger partial charge in [-0.2, -0.15) is 0 Å². The first-order valence-electron chi connectivity index (χ1n) is 6.36. The van der Waals surface area contributed by atoms with E-state index in [1.165, 1.54) is 0 Å². The number of pyridine rings is 1. The minimum atomic E-state index is -0.130. The molecule has 0 saturated carbocycles. The molecule has 1 amide bonds. The molecule has 104 valence electrons. The van der Waals surface area contributed by atoms with Gasteiger partial charge in [0.2, 0.25) is 0 Å². The van der Waals surface area contributed by atoms with Crippen molar-refractivity contribution in [1.29, 1.82) is 0 Å². The van der Waals surface area contributed by atoms with Gasteiger partial charge >= 0.3 is 0 Å². The van der Waals surface area contributed by atoms with Gasteiger partial charge < -0.3 is 15.5 Å². The maximum atomic E-state index is 12.4. The molecule has 0 unspecified atom stereocenters. The number of piperidine rings is 1. The van der Waals surface area contributed by atoms with Crippen LogP contribution in [0.15, 0.2) is 12.1 Å². The van der Waals surface area contributed by atoms with Crippen molar-refractivity contribution in [3.05, 3.63) is 22.8 Å². The van der Waals surface area contributed by atoms with Gasteiger partial charge in [0.25, 0.3) is 5.91 Å². The number of anilines is 1. The number of hydrogen-bond acceptors (Lipinski definition) is 4. The topological polar surface area (TPSA) is 62.5 Å². The Morgan fingerprint density at radius 1 is 1.42 bits per heavy atom. The number of amides is 1. The van der Waals surface area contributed by atoms with Crippen molar-refractivity contribution in [2.45, 2.75) is 18.9 Å². The van der Waals surface area contributed by atoms with Crippen molar-refractivity contribution in [1.82, 2.24) is 14.8 Å². The summed E-state index contributed by atoms with van der Waals surface area (Å²) < 4.78 is 0. The molecule has 1 aromatic rings. The van der Waals surface area contributed by atoms with Gasteiger partial charge in [0.05, 0.1) is 5.02 Å². The van der Waals surface area contributed by atoms with E-state index in [2.05, 4.69) is 24.0 Å². The van der Waals surface area contributed by atoms with Crippen LogP contribution in [0.5, 0.6) is 0 Å². The number of halogens is 1. The zero-order chi connectivity index (χ0) is 14.0. The molecule has 6 heteroatoms. The summed E-state index contributed by atoms with van der Waals surface area (Å²) in [5.41, 5.74) is 5.86. The van der Waals surface area contributed by atoms with E-state index in [9.17, 15) is 4.79 Å². The van der Waals surface area contributed by atoms with Gasteiger partial charge in [-0.1, -0.05) is 11.6 Å². The first-order chi connectivity index (χ1) is 8.99. The summed E-state index contributed by atoms with van der Waals surface area (Å²) in [6.45, 7) is 1.46. The van der Waals surface area contributed by atoms with E-state index in [1.807, 2.05) is 0 Å². The highest BCUT2D eigenvalue weighted by Gasteiger charge is 2.26. The van der Waals surface area contributed by atoms with Crippen LogP contribution in [0.2, 0.25) is 5.02 Å². The lowest BCUT2D eigenvalue weighted by molar-refractivity contribution is 0.0658. The smallest absolute Gasteiger partial charge is 0.274 e. The summed E-state index contributed by atoms with van der Waals surface area (Å²) in [6.07, 6.45) is 1.94. The molecule has 2 N–H and O–H groups in total. The van der Waals surface area contributed by atoms with E-state index in [0.29, 0.717) is 16.9 Å². The Balaban J connectivity index is 2.07. The second-order valence-corrected chi connectivity index (χ2v) is 5.46. The van der Waals surface area contributed by atoms with Gasteiger partial charge in [0.15, 0.2) is 0 Å². The Hall–Kier alpha value is -1.33. The third kappa shape index (κ3) is 3.16. The fourth-order valence-electron chi connectivity index (χ4n) is 2.34. The fraction of sp³-hybridized carbons (Fsp3) is 0.538. The minimum Gasteiger partial charge on any atom is -0.384 e. The van der Waals surface area contributed by atoms with Gasteiger partial charge in [0.1, 0.15) is 11.5 Å². The number of likely N-dealkylation sites (tertiary alicyclic amines) is 1. The summed E-state index contributed by atoms with van der Waals surface area (Å²) in [4.78, 5) is 20.4. The van der Waals surface area contributed by atoms with Crippen molar-refractivity contribution in [2.24, 2.45) is 0 Å². The van der Waals surface area contributed by atoms with Crippen LogP contribution in [-0.2, 0) is 0 Å². The summed E-state index contributed by atoms with van der Waals surface area (Å²) in [5, 5.41) is 0.355. The lowest BCUT2D eigenvalue weighted by Gasteiger charge is -2.35. The molecule has 0 aliphatic carbocycles. The Bertz CT molecular complexity index is 470. The predicted octanol–water partition coefficient (Wildman–Crippen LogP) is 1.48. The monoisotopic (exact) mass is 282 g/mol. The molecule has 19 heavy (non-hydrogen) atoms. The standard InChI is InChI=1S/C13H19ClN4O/c1-17(2)9-5-7-18(8-6-9)13(19)12-10(14)3-4-11(15)16-12/h3-4,9H,5-8H2,1-2H3,(H2,15,16). The van der Waals surface area contributed by atoms with Crippen LogP contribution in [-0.4, -0.2) is 53.9 Å². The number of carbonyl (C=O) groups is 1. The molecule has 1 aromatic heterocycles. The van der Waals surface area contributed by atoms with Gasteiger partial charge in [-0.05, 0) is 39.1 Å². The van der Waals surface area contributed by atoms with Crippen LogP contribution in [0.25, 0.3) is 0 Å². The second-order valence-electron chi connectivity index (χ2n) is 5.05. The quantitative estimate of drug-likeness (QED) is 0.893. The molecule has 0 spiro atoms. The third-order valence-corrected chi connectivity index (χ3v) is 3.86. The van der Waals surface area contributed by atoms with Crippen molar-refractivity contribution in [2.75, 3.05) is 32.9 Å². The molecular formula is C13H19ClN4O. The van der Waals surface area contributed by atoms with Crippen LogP contribution >= 0.6 is 11.6 Å². The molecule has 0 radical (unpaired) electrons. The molecule has 0 bridgehead atoms. The average Bonchev–Trinajstić information content (AvgIpc) is 2.41. The Kier molecular flexibility index (Phi) is 4.27. The highest BCUT2D eigenvalue weighted by atomic mass is 35.5. The number of nitrogens with zero attached hydrogens (tertiary/aromatic N) is 3. The van der Waals surface area contributed by atoms with E-state index in [4.69, 9.17) is 17.3 Å². The van der Waals surface area contributed by atoms with Crippen LogP contribution in [0.4, 0.5) is 5.82 Å². The van der Waals surface area contributed by atoms with Gasteiger partial charge in [0, 0.05) is 19.1 Å². The average molecular weight is 283 g/mol. The molecule has 1 aliphatic heterocycles. The number of carbonyl (C=O) groups excluding carboxylic acids is 1. The third-order valence-electron chi connectivity index (χ3n) is 3.55. The largest absolute Gasteiger partial charge is 0.384 e. The van der Waals surface area contributed by atoms with E-state index in [-0.39, 0.29) is 11.6 Å². The van der Waals surface area contributed by atoms with Crippen molar-refractivity contribution < 1.29 is 4.79 Å². The minimum absolute atomic E-state index is 0.130. The van der Waals surface area contributed by atoms with E-state index in [1.54, 1.807) is 17.0 Å². The summed E-state index contributed by atoms with van der Waals surface area (Å²) in [6, 6.07) is 3.74. The Morgan fingerprint density at radius 3 is 2.63 bits per heavy atom. The molecule has 1 saturated heterocycles. The van der Waals surface area contributed by atoms with E-state index < -0.39 is 0 Å². The fourth-order valence-corrected chi connectivity index (χ4v) is 2.53. The highest BCUT2D eigenvalue weighted by molar-refractivity contribution is 6.33. The maximum Gasteiger partial charge on any atom is 0.274 e. The van der Waals surface area contributed by atoms with Crippen LogP contribution < -0.4 is 5.73 Å². The van der Waals surface area contributed by atoms with Crippen molar-refractivity contribution in [3.63, 3.8) is 0 Å². The normalized spacial score (nSPS) is 16.9. The molecule has 5 nitrogen and oxygen atoms in total. The van der Waals surface area contributed by atoms with Gasteiger partial charge in [-0.3, -0.25) is 4.79 Å². The maximum absolute atomic E-state index is 12.4. The Labute approximate surface area is 118 Å². The van der Waals surface area contributed by atoms with Gasteiger partial charge in [-0.25, -0.2) is 4.98 Å². The number of nitrogens with two attached hydrogens (primary N) is 1. The van der Waals surface area contributed by atoms with Crippen LogP contribution in [0.1, 0.15) is 23.3 Å². The predicted molar refractivity (Wildman–Crippen MR) is 76.3 cm³/mol. The van der Waals surface area contributed by atoms with Crippen molar-refractivity contribution >= 4 is 23.3 Å². The second kappa shape index (κ2) is 5.75. The van der Waals surface area contributed by atoms with Crippen LogP contribution in [0, 0.1) is 0 Å². The zero-order valence-corrected chi connectivity index (χ0v) is 12.0. The van der Waals surface area contributed by atoms with Crippen LogP contribution in [0.3, 0.4) is 0 Å². The molecule has 0 aromatic carbocycles. The lowest BCUT2D eigenvalue weighted by Crippen LogP contribution is -2.44. The first-order valence-corrected chi connectivity index (χ1v) is 6.74. The molecule has 2 heterocycles. The summed E-state index contributed by atoms with van der Waals surface area (Å²) in [7, 11) is 4.14. The molecule has 0 atom stereocenters. The Morgan fingerprint density at radius 2 is 2.05 bits per heavy atom. The van der Waals surface area contributed by atoms with E-state index >= 15 is 0 Å². The number of hydrogen-bond donors (Lipinski definition) is 1. The SMILES string of the molecule is CN(C)C1CCN(C(=O)c2nc(N)ccc2Cl)CC1.